The lowest BCUT2D eigenvalue weighted by Gasteiger charge is -2.27. The second-order valence-electron chi connectivity index (χ2n) is 7.07. The highest BCUT2D eigenvalue weighted by Gasteiger charge is 2.16. The van der Waals surface area contributed by atoms with Crippen molar-refractivity contribution in [2.75, 3.05) is 33.2 Å². The number of thiophene rings is 1. The van der Waals surface area contributed by atoms with Gasteiger partial charge in [-0.3, -0.25) is 9.89 Å². The van der Waals surface area contributed by atoms with E-state index in [-0.39, 0.29) is 29.8 Å². The predicted molar refractivity (Wildman–Crippen MR) is 130 cm³/mol. The summed E-state index contributed by atoms with van der Waals surface area (Å²) in [6.07, 6.45) is 3.96. The zero-order valence-corrected chi connectivity index (χ0v) is 19.6. The van der Waals surface area contributed by atoms with Crippen LogP contribution in [-0.4, -0.2) is 49.1 Å². The Morgan fingerprint density at radius 3 is 3.00 bits per heavy atom. The van der Waals surface area contributed by atoms with E-state index >= 15 is 0 Å². The van der Waals surface area contributed by atoms with Crippen molar-refractivity contribution in [2.45, 2.75) is 19.4 Å². The van der Waals surface area contributed by atoms with E-state index in [1.165, 1.54) is 23.3 Å². The van der Waals surface area contributed by atoms with Crippen molar-refractivity contribution >= 4 is 52.2 Å². The van der Waals surface area contributed by atoms with E-state index in [0.717, 1.165) is 62.4 Å². The van der Waals surface area contributed by atoms with Crippen molar-refractivity contribution in [2.24, 2.45) is 4.99 Å². The number of aliphatic imine (C=N–C) groups is 1. The molecule has 3 heterocycles. The topological polar surface area (TPSA) is 55.5 Å². The first kappa shape index (κ1) is 22.0. The monoisotopic (exact) mass is 527 g/mol. The van der Waals surface area contributed by atoms with Crippen LogP contribution in [0.2, 0.25) is 0 Å². The van der Waals surface area contributed by atoms with Crippen molar-refractivity contribution in [1.29, 1.82) is 0 Å². The van der Waals surface area contributed by atoms with Gasteiger partial charge in [0.1, 0.15) is 5.82 Å². The van der Waals surface area contributed by atoms with Gasteiger partial charge in [0.25, 0.3) is 0 Å². The highest BCUT2D eigenvalue weighted by molar-refractivity contribution is 14.0. The van der Waals surface area contributed by atoms with Gasteiger partial charge < -0.3 is 15.6 Å². The summed E-state index contributed by atoms with van der Waals surface area (Å²) in [5.41, 5.74) is 3.50. The third-order valence-corrected chi connectivity index (χ3v) is 6.27. The molecule has 0 saturated heterocycles. The minimum atomic E-state index is -0.215. The number of hydrogen-bond donors (Lipinski definition) is 3. The van der Waals surface area contributed by atoms with Crippen LogP contribution in [0.4, 0.5) is 4.39 Å². The summed E-state index contributed by atoms with van der Waals surface area (Å²) in [6.45, 7) is 4.82. The summed E-state index contributed by atoms with van der Waals surface area (Å²) in [5.74, 6) is 0.603. The molecule has 4 rings (SSSR count). The van der Waals surface area contributed by atoms with E-state index in [1.807, 2.05) is 23.6 Å². The smallest absolute Gasteiger partial charge is 0.191 e. The molecule has 3 N–H and O–H groups in total. The number of aromatic amines is 1. The van der Waals surface area contributed by atoms with Crippen molar-refractivity contribution in [1.82, 2.24) is 20.5 Å². The van der Waals surface area contributed by atoms with Gasteiger partial charge in [-0.2, -0.15) is 0 Å². The number of halogens is 2. The number of H-pyrrole nitrogens is 1. The van der Waals surface area contributed by atoms with Crippen molar-refractivity contribution in [3.05, 3.63) is 57.7 Å². The third kappa shape index (κ3) is 5.49. The molecule has 2 aromatic heterocycles. The van der Waals surface area contributed by atoms with Gasteiger partial charge in [0.15, 0.2) is 5.96 Å². The van der Waals surface area contributed by atoms with Crippen LogP contribution < -0.4 is 10.6 Å². The average Bonchev–Trinajstić information content (AvgIpc) is 3.33. The molecule has 0 aliphatic carbocycles. The maximum Gasteiger partial charge on any atom is 0.191 e. The number of guanidine groups is 1. The molecule has 0 amide bonds. The second kappa shape index (κ2) is 10.4. The lowest BCUT2D eigenvalue weighted by atomic mass is 10.1. The highest BCUT2D eigenvalue weighted by atomic mass is 127. The van der Waals surface area contributed by atoms with Gasteiger partial charge in [0, 0.05) is 61.7 Å². The van der Waals surface area contributed by atoms with E-state index in [2.05, 4.69) is 37.0 Å². The molecule has 0 atom stereocenters. The van der Waals surface area contributed by atoms with Gasteiger partial charge in [0.2, 0.25) is 0 Å². The van der Waals surface area contributed by atoms with Crippen LogP contribution in [0.25, 0.3) is 10.9 Å². The molecule has 0 radical (unpaired) electrons. The van der Waals surface area contributed by atoms with Gasteiger partial charge in [-0.1, -0.05) is 0 Å². The Kier molecular flexibility index (Phi) is 7.91. The van der Waals surface area contributed by atoms with Crippen molar-refractivity contribution in [3.8, 4) is 0 Å². The van der Waals surface area contributed by atoms with Gasteiger partial charge in [0.05, 0.1) is 0 Å². The molecule has 0 spiro atoms. The molecule has 3 aromatic rings. The van der Waals surface area contributed by atoms with Crippen LogP contribution in [-0.2, 0) is 19.4 Å². The van der Waals surface area contributed by atoms with E-state index in [0.29, 0.717) is 0 Å². The Balaban J connectivity index is 0.00000240. The Morgan fingerprint density at radius 1 is 1.28 bits per heavy atom. The molecule has 156 valence electrons. The minimum absolute atomic E-state index is 0. The zero-order valence-electron chi connectivity index (χ0n) is 16.5. The lowest BCUT2D eigenvalue weighted by Crippen LogP contribution is -2.43. The lowest BCUT2D eigenvalue weighted by molar-refractivity contribution is 0.260. The third-order valence-electron chi connectivity index (χ3n) is 5.25. The number of nitrogens with zero attached hydrogens (tertiary/aromatic N) is 2. The molecule has 0 saturated carbocycles. The standard InChI is InChI=1S/C21H26FN5S.HI/c1-23-21(25-8-10-27-9-5-20-16(14-27)6-11-28-20)24-7-4-15-13-26-19-12-17(22)2-3-18(15)19;/h2-3,6,11-13,26H,4-5,7-10,14H2,1H3,(H2,23,24,25);1H. The Morgan fingerprint density at radius 2 is 2.14 bits per heavy atom. The number of hydrogen-bond acceptors (Lipinski definition) is 3. The SMILES string of the molecule is CN=C(NCCc1c[nH]c2cc(F)ccc12)NCCN1CCc2sccc2C1.I. The predicted octanol–water partition coefficient (Wildman–Crippen LogP) is 3.75. The molecule has 1 aliphatic heterocycles. The second-order valence-corrected chi connectivity index (χ2v) is 8.08. The van der Waals surface area contributed by atoms with Crippen LogP contribution in [0.3, 0.4) is 0 Å². The van der Waals surface area contributed by atoms with Gasteiger partial charge in [-0.25, -0.2) is 4.39 Å². The average molecular weight is 527 g/mol. The van der Waals surface area contributed by atoms with E-state index in [9.17, 15) is 4.39 Å². The molecule has 1 aromatic carbocycles. The van der Waals surface area contributed by atoms with Crippen molar-refractivity contribution in [3.63, 3.8) is 0 Å². The summed E-state index contributed by atoms with van der Waals surface area (Å²) in [4.78, 5) is 11.5. The maximum absolute atomic E-state index is 13.3. The summed E-state index contributed by atoms with van der Waals surface area (Å²) in [7, 11) is 1.79. The summed E-state index contributed by atoms with van der Waals surface area (Å²) >= 11 is 1.88. The number of benzene rings is 1. The first-order valence-corrected chi connectivity index (χ1v) is 10.6. The summed E-state index contributed by atoms with van der Waals surface area (Å²) in [6, 6.07) is 7.12. The number of nitrogens with one attached hydrogen (secondary N) is 3. The number of rotatable bonds is 6. The first-order chi connectivity index (χ1) is 13.7. The van der Waals surface area contributed by atoms with E-state index in [4.69, 9.17) is 0 Å². The van der Waals surface area contributed by atoms with Crippen LogP contribution in [0, 0.1) is 5.82 Å². The Bertz CT molecular complexity index is 967. The van der Waals surface area contributed by atoms with Gasteiger partial charge >= 0.3 is 0 Å². The van der Waals surface area contributed by atoms with Gasteiger partial charge in [-0.05, 0) is 53.6 Å². The fourth-order valence-corrected chi connectivity index (χ4v) is 4.62. The van der Waals surface area contributed by atoms with Crippen LogP contribution in [0.5, 0.6) is 0 Å². The Hall–Kier alpha value is -1.65. The molecule has 1 aliphatic rings. The van der Waals surface area contributed by atoms with Crippen LogP contribution >= 0.6 is 35.3 Å². The molecule has 0 unspecified atom stereocenters. The highest BCUT2D eigenvalue weighted by Crippen LogP contribution is 2.23. The quantitative estimate of drug-likeness (QED) is 0.260. The largest absolute Gasteiger partial charge is 0.361 e. The normalized spacial score (nSPS) is 14.5. The molecule has 8 heteroatoms. The summed E-state index contributed by atoms with van der Waals surface area (Å²) in [5, 5.41) is 10.0. The van der Waals surface area contributed by atoms with Crippen LogP contribution in [0.15, 0.2) is 40.8 Å². The molecule has 5 nitrogen and oxygen atoms in total. The van der Waals surface area contributed by atoms with E-state index in [1.54, 1.807) is 11.9 Å². The molecule has 29 heavy (non-hydrogen) atoms. The molecule has 0 bridgehead atoms. The number of fused-ring (bicyclic) bond motifs is 2. The first-order valence-electron chi connectivity index (χ1n) is 9.70. The number of aromatic nitrogens is 1. The van der Waals surface area contributed by atoms with Gasteiger partial charge in [-0.15, -0.1) is 35.3 Å². The minimum Gasteiger partial charge on any atom is -0.361 e. The Labute approximate surface area is 191 Å². The maximum atomic E-state index is 13.3. The zero-order chi connectivity index (χ0) is 19.3. The fraction of sp³-hybridized carbons (Fsp3) is 0.381. The van der Waals surface area contributed by atoms with E-state index < -0.39 is 0 Å². The molecular weight excluding hydrogens is 500 g/mol. The van der Waals surface area contributed by atoms with Crippen molar-refractivity contribution < 1.29 is 4.39 Å². The molecular formula is C21H27FIN5S. The van der Waals surface area contributed by atoms with Crippen LogP contribution in [0.1, 0.15) is 16.0 Å². The fourth-order valence-electron chi connectivity index (χ4n) is 3.73. The molecule has 0 fully saturated rings. The summed E-state index contributed by atoms with van der Waals surface area (Å²) < 4.78 is 13.3.